The molecule has 1 aromatic rings. The van der Waals surface area contributed by atoms with Gasteiger partial charge < -0.3 is 0 Å². The van der Waals surface area contributed by atoms with Crippen molar-refractivity contribution in [2.24, 2.45) is 5.92 Å². The molecule has 0 saturated carbocycles. The molecule has 1 aliphatic heterocycles. The number of nitrogens with zero attached hydrogens (tertiary/aromatic N) is 2. The Labute approximate surface area is 113 Å². The van der Waals surface area contributed by atoms with Crippen molar-refractivity contribution in [3.05, 3.63) is 28.4 Å². The molecule has 19 heavy (non-hydrogen) atoms. The summed E-state index contributed by atoms with van der Waals surface area (Å²) in [5, 5.41) is 0. The summed E-state index contributed by atoms with van der Waals surface area (Å²) in [6, 6.07) is 1.54. The summed E-state index contributed by atoms with van der Waals surface area (Å²) in [6.45, 7) is 4.42. The molecule has 1 aliphatic rings. The molecule has 1 atom stereocenters. The molecule has 1 unspecified atom stereocenters. The minimum atomic E-state index is -2.92. The summed E-state index contributed by atoms with van der Waals surface area (Å²) in [5.74, 6) is 0.717. The van der Waals surface area contributed by atoms with Crippen LogP contribution < -0.4 is 5.56 Å². The van der Waals surface area contributed by atoms with Crippen molar-refractivity contribution in [3.8, 4) is 0 Å². The van der Waals surface area contributed by atoms with Crippen molar-refractivity contribution in [2.45, 2.75) is 39.2 Å². The van der Waals surface area contributed by atoms with Crippen LogP contribution in [0.2, 0.25) is 0 Å². The first kappa shape index (κ1) is 14.2. The smallest absolute Gasteiger partial charge is 0.253 e. The van der Waals surface area contributed by atoms with Gasteiger partial charge in [0, 0.05) is 12.6 Å². The molecule has 1 saturated heterocycles. The summed E-state index contributed by atoms with van der Waals surface area (Å²) in [5.41, 5.74) is 0.680. The summed E-state index contributed by atoms with van der Waals surface area (Å²) in [4.78, 5) is 16.2. The van der Waals surface area contributed by atoms with Gasteiger partial charge in [0.1, 0.15) is 0 Å². The number of hydrogen-bond acceptors (Lipinski definition) is 4. The fourth-order valence-electron chi connectivity index (χ4n) is 2.43. The van der Waals surface area contributed by atoms with Crippen LogP contribution in [0.3, 0.4) is 0 Å². The van der Waals surface area contributed by atoms with E-state index in [1.165, 1.54) is 4.57 Å². The zero-order chi connectivity index (χ0) is 14.0. The van der Waals surface area contributed by atoms with Gasteiger partial charge in [-0.15, -0.1) is 0 Å². The van der Waals surface area contributed by atoms with Crippen LogP contribution in [0.1, 0.15) is 38.3 Å². The van der Waals surface area contributed by atoms with E-state index in [9.17, 15) is 13.2 Å². The highest BCUT2D eigenvalue weighted by Gasteiger charge is 2.25. The summed E-state index contributed by atoms with van der Waals surface area (Å²) in [7, 11) is -2.92. The van der Waals surface area contributed by atoms with E-state index in [4.69, 9.17) is 0 Å². The molecular formula is C13H20N2O3S. The molecule has 2 rings (SSSR count). The lowest BCUT2D eigenvalue weighted by molar-refractivity contribution is 0.417. The van der Waals surface area contributed by atoms with Crippen molar-refractivity contribution in [2.75, 3.05) is 11.5 Å². The Hall–Kier alpha value is -1.17. The average Bonchev–Trinajstić information content (AvgIpc) is 2.30. The monoisotopic (exact) mass is 284 g/mol. The van der Waals surface area contributed by atoms with E-state index >= 15 is 0 Å². The standard InChI is InChI=1S/C13H20N2O3S/c1-10(2)12-6-13(16)15(9-14-12)7-11-4-3-5-19(17,18)8-11/h6,9-11H,3-5,7-8H2,1-2H3. The van der Waals surface area contributed by atoms with E-state index in [-0.39, 0.29) is 28.9 Å². The van der Waals surface area contributed by atoms with Crippen LogP contribution in [-0.2, 0) is 16.4 Å². The Morgan fingerprint density at radius 3 is 2.79 bits per heavy atom. The number of aromatic nitrogens is 2. The highest BCUT2D eigenvalue weighted by atomic mass is 32.2. The van der Waals surface area contributed by atoms with Gasteiger partial charge in [-0.2, -0.15) is 0 Å². The third-order valence-corrected chi connectivity index (χ3v) is 5.39. The van der Waals surface area contributed by atoms with Gasteiger partial charge in [-0.3, -0.25) is 9.36 Å². The fraction of sp³-hybridized carbons (Fsp3) is 0.692. The largest absolute Gasteiger partial charge is 0.299 e. The van der Waals surface area contributed by atoms with E-state index in [1.54, 1.807) is 12.4 Å². The topological polar surface area (TPSA) is 69.0 Å². The second-order valence-corrected chi connectivity index (χ2v) is 7.81. The van der Waals surface area contributed by atoms with E-state index < -0.39 is 9.84 Å². The first-order chi connectivity index (χ1) is 8.87. The van der Waals surface area contributed by atoms with Crippen LogP contribution in [0.15, 0.2) is 17.2 Å². The van der Waals surface area contributed by atoms with Crippen LogP contribution in [0.5, 0.6) is 0 Å². The van der Waals surface area contributed by atoms with Gasteiger partial charge in [0.05, 0.1) is 23.5 Å². The van der Waals surface area contributed by atoms with Gasteiger partial charge in [0.2, 0.25) is 0 Å². The molecule has 6 heteroatoms. The lowest BCUT2D eigenvalue weighted by atomic mass is 10.1. The number of rotatable bonds is 3. The summed E-state index contributed by atoms with van der Waals surface area (Å²) < 4.78 is 24.7. The van der Waals surface area contributed by atoms with Crippen LogP contribution in [-0.4, -0.2) is 29.5 Å². The molecule has 0 aliphatic carbocycles. The molecule has 0 spiro atoms. The maximum Gasteiger partial charge on any atom is 0.253 e. The van der Waals surface area contributed by atoms with E-state index in [0.717, 1.165) is 12.1 Å². The van der Waals surface area contributed by atoms with Crippen LogP contribution in [0.4, 0.5) is 0 Å². The average molecular weight is 284 g/mol. The van der Waals surface area contributed by atoms with Crippen molar-refractivity contribution < 1.29 is 8.42 Å². The Morgan fingerprint density at radius 2 is 2.21 bits per heavy atom. The van der Waals surface area contributed by atoms with Crippen molar-refractivity contribution in [3.63, 3.8) is 0 Å². The Bertz CT molecular complexity index is 605. The van der Waals surface area contributed by atoms with Gasteiger partial charge in [-0.05, 0) is 24.7 Å². The highest BCUT2D eigenvalue weighted by Crippen LogP contribution is 2.19. The molecule has 0 aromatic carbocycles. The van der Waals surface area contributed by atoms with E-state index in [2.05, 4.69) is 4.98 Å². The van der Waals surface area contributed by atoms with Gasteiger partial charge in [-0.25, -0.2) is 13.4 Å². The van der Waals surface area contributed by atoms with E-state index in [0.29, 0.717) is 13.0 Å². The van der Waals surface area contributed by atoms with Gasteiger partial charge in [-0.1, -0.05) is 13.8 Å². The molecule has 0 N–H and O–H groups in total. The molecule has 0 amide bonds. The molecule has 106 valence electrons. The molecule has 2 heterocycles. The first-order valence-corrected chi connectivity index (χ1v) is 8.46. The van der Waals surface area contributed by atoms with Crippen LogP contribution >= 0.6 is 0 Å². The molecule has 1 fully saturated rings. The summed E-state index contributed by atoms with van der Waals surface area (Å²) in [6.07, 6.45) is 3.09. The van der Waals surface area contributed by atoms with Gasteiger partial charge in [0.25, 0.3) is 5.56 Å². The minimum absolute atomic E-state index is 0.0307. The van der Waals surface area contributed by atoms with E-state index in [1.807, 2.05) is 13.8 Å². The second-order valence-electron chi connectivity index (χ2n) is 5.58. The quantitative estimate of drug-likeness (QED) is 0.836. The van der Waals surface area contributed by atoms with Gasteiger partial charge >= 0.3 is 0 Å². The fourth-order valence-corrected chi connectivity index (χ4v) is 4.20. The SMILES string of the molecule is CC(C)c1cc(=O)n(CC2CCCS(=O)(=O)C2)cn1. The minimum Gasteiger partial charge on any atom is -0.299 e. The Balaban J connectivity index is 2.13. The second kappa shape index (κ2) is 5.45. The first-order valence-electron chi connectivity index (χ1n) is 6.64. The molecular weight excluding hydrogens is 264 g/mol. The Morgan fingerprint density at radius 1 is 1.47 bits per heavy atom. The number of hydrogen-bond donors (Lipinski definition) is 0. The third-order valence-electron chi connectivity index (χ3n) is 3.50. The summed E-state index contributed by atoms with van der Waals surface area (Å²) >= 11 is 0. The predicted octanol–water partition coefficient (Wildman–Crippen LogP) is 1.19. The molecule has 0 radical (unpaired) electrons. The maximum atomic E-state index is 12.0. The zero-order valence-electron chi connectivity index (χ0n) is 11.4. The maximum absolute atomic E-state index is 12.0. The predicted molar refractivity (Wildman–Crippen MR) is 74.0 cm³/mol. The lowest BCUT2D eigenvalue weighted by Crippen LogP contribution is -2.32. The number of sulfone groups is 1. The highest BCUT2D eigenvalue weighted by molar-refractivity contribution is 7.91. The zero-order valence-corrected chi connectivity index (χ0v) is 12.2. The molecule has 5 nitrogen and oxygen atoms in total. The van der Waals surface area contributed by atoms with Crippen LogP contribution in [0.25, 0.3) is 0 Å². The Kier molecular flexibility index (Phi) is 4.08. The van der Waals surface area contributed by atoms with Crippen LogP contribution in [0, 0.1) is 5.92 Å². The molecule has 1 aromatic heterocycles. The van der Waals surface area contributed by atoms with Crippen molar-refractivity contribution in [1.29, 1.82) is 0 Å². The lowest BCUT2D eigenvalue weighted by Gasteiger charge is -2.22. The normalized spacial score (nSPS) is 22.6. The van der Waals surface area contributed by atoms with Crippen molar-refractivity contribution in [1.82, 2.24) is 9.55 Å². The molecule has 0 bridgehead atoms. The van der Waals surface area contributed by atoms with Gasteiger partial charge in [0.15, 0.2) is 9.84 Å². The third kappa shape index (κ3) is 3.65. The van der Waals surface area contributed by atoms with Crippen molar-refractivity contribution >= 4 is 9.84 Å².